The topological polar surface area (TPSA) is 67.3 Å². The second-order valence-corrected chi connectivity index (χ2v) is 4.91. The summed E-state index contributed by atoms with van der Waals surface area (Å²) in [5.74, 6) is 0.766. The number of hydrogen-bond donors (Lipinski definition) is 1. The van der Waals surface area contributed by atoms with Gasteiger partial charge in [-0.2, -0.15) is 0 Å². The van der Waals surface area contributed by atoms with Gasteiger partial charge in [-0.3, -0.25) is 5.10 Å². The highest BCUT2D eigenvalue weighted by Gasteiger charge is 2.10. The molecule has 0 saturated heterocycles. The van der Waals surface area contributed by atoms with Crippen LogP contribution in [0.5, 0.6) is 0 Å². The van der Waals surface area contributed by atoms with Gasteiger partial charge < -0.3 is 0 Å². The molecular formula is C11H8ClN5S. The van der Waals surface area contributed by atoms with Crippen LogP contribution in [0.2, 0.25) is 5.28 Å². The number of benzene rings is 1. The van der Waals surface area contributed by atoms with Gasteiger partial charge in [0.15, 0.2) is 0 Å². The molecule has 0 aliphatic carbocycles. The van der Waals surface area contributed by atoms with Gasteiger partial charge in [0, 0.05) is 5.39 Å². The predicted octanol–water partition coefficient (Wildman–Crippen LogP) is 2.86. The van der Waals surface area contributed by atoms with Crippen molar-refractivity contribution in [3.05, 3.63) is 35.4 Å². The van der Waals surface area contributed by atoms with Gasteiger partial charge in [0.05, 0.1) is 5.52 Å². The number of aryl methyl sites for hydroxylation is 1. The lowest BCUT2D eigenvalue weighted by Crippen LogP contribution is -1.89. The minimum absolute atomic E-state index is 0.225. The van der Waals surface area contributed by atoms with Crippen LogP contribution in [-0.4, -0.2) is 25.1 Å². The van der Waals surface area contributed by atoms with Gasteiger partial charge in [0.25, 0.3) is 0 Å². The molecule has 0 amide bonds. The normalized spacial score (nSPS) is 11.0. The summed E-state index contributed by atoms with van der Waals surface area (Å²) in [5, 5.41) is 9.40. The van der Waals surface area contributed by atoms with Gasteiger partial charge in [-0.15, -0.1) is 5.10 Å². The highest BCUT2D eigenvalue weighted by atomic mass is 35.5. The molecule has 1 aromatic carbocycles. The fourth-order valence-corrected chi connectivity index (χ4v) is 2.64. The molecule has 0 aliphatic heterocycles. The fourth-order valence-electron chi connectivity index (χ4n) is 1.55. The second-order valence-electron chi connectivity index (χ2n) is 3.62. The lowest BCUT2D eigenvalue weighted by atomic mass is 10.2. The zero-order valence-electron chi connectivity index (χ0n) is 9.38. The molecule has 3 rings (SSSR count). The van der Waals surface area contributed by atoms with E-state index in [1.54, 1.807) is 0 Å². The van der Waals surface area contributed by atoms with E-state index in [1.165, 1.54) is 11.8 Å². The van der Waals surface area contributed by atoms with E-state index < -0.39 is 0 Å². The Bertz CT molecular complexity index is 711. The van der Waals surface area contributed by atoms with E-state index in [-0.39, 0.29) is 5.28 Å². The molecule has 0 radical (unpaired) electrons. The molecule has 90 valence electrons. The molecule has 5 nitrogen and oxygen atoms in total. The Morgan fingerprint density at radius 2 is 2.00 bits per heavy atom. The van der Waals surface area contributed by atoms with Crippen LogP contribution in [0, 0.1) is 6.92 Å². The smallest absolute Gasteiger partial charge is 0.224 e. The Kier molecular flexibility index (Phi) is 2.89. The van der Waals surface area contributed by atoms with Crippen LogP contribution in [0.15, 0.2) is 34.4 Å². The Morgan fingerprint density at radius 1 is 1.17 bits per heavy atom. The number of hydrogen-bond acceptors (Lipinski definition) is 5. The molecule has 2 aromatic heterocycles. The maximum absolute atomic E-state index is 5.91. The summed E-state index contributed by atoms with van der Waals surface area (Å²) < 4.78 is 0. The highest BCUT2D eigenvalue weighted by molar-refractivity contribution is 7.99. The largest absolute Gasteiger partial charge is 0.262 e. The van der Waals surface area contributed by atoms with Crippen LogP contribution in [0.4, 0.5) is 0 Å². The zero-order chi connectivity index (χ0) is 12.5. The fraction of sp³-hybridized carbons (Fsp3) is 0.0909. The number of nitrogens with one attached hydrogen (secondary N) is 1. The molecule has 2 heterocycles. The molecule has 0 bridgehead atoms. The van der Waals surface area contributed by atoms with E-state index in [4.69, 9.17) is 11.6 Å². The van der Waals surface area contributed by atoms with Crippen LogP contribution in [0.1, 0.15) is 5.82 Å². The van der Waals surface area contributed by atoms with Crippen molar-refractivity contribution < 1.29 is 0 Å². The number of halogens is 1. The molecule has 0 fully saturated rings. The van der Waals surface area contributed by atoms with Gasteiger partial charge in [0.1, 0.15) is 10.9 Å². The first-order valence-corrected chi connectivity index (χ1v) is 6.41. The molecule has 7 heteroatoms. The molecule has 0 atom stereocenters. The predicted molar refractivity (Wildman–Crippen MR) is 69.8 cm³/mol. The first kappa shape index (κ1) is 11.4. The highest BCUT2D eigenvalue weighted by Crippen LogP contribution is 2.30. The lowest BCUT2D eigenvalue weighted by Gasteiger charge is -2.02. The van der Waals surface area contributed by atoms with Crippen molar-refractivity contribution in [2.75, 3.05) is 0 Å². The maximum atomic E-state index is 5.91. The quantitative estimate of drug-likeness (QED) is 0.576. The van der Waals surface area contributed by atoms with Crippen LogP contribution in [-0.2, 0) is 0 Å². The van der Waals surface area contributed by atoms with Crippen molar-refractivity contribution in [3.63, 3.8) is 0 Å². The summed E-state index contributed by atoms with van der Waals surface area (Å²) in [6.07, 6.45) is 0. The Hall–Kier alpha value is -1.66. The summed E-state index contributed by atoms with van der Waals surface area (Å²) >= 11 is 7.27. The van der Waals surface area contributed by atoms with Crippen LogP contribution in [0.25, 0.3) is 10.9 Å². The van der Waals surface area contributed by atoms with Gasteiger partial charge in [0.2, 0.25) is 10.4 Å². The average Bonchev–Trinajstić information content (AvgIpc) is 2.74. The molecule has 0 spiro atoms. The van der Waals surface area contributed by atoms with E-state index in [0.29, 0.717) is 5.16 Å². The van der Waals surface area contributed by atoms with Crippen molar-refractivity contribution in [2.45, 2.75) is 17.1 Å². The summed E-state index contributed by atoms with van der Waals surface area (Å²) in [6, 6.07) is 7.70. The van der Waals surface area contributed by atoms with Crippen LogP contribution < -0.4 is 0 Å². The standard InChI is InChI=1S/C11H8ClN5S/c1-6-13-11(17-16-6)18-9-7-4-2-3-5-8(7)14-10(12)15-9/h2-5H,1H3,(H,13,16,17). The number of nitrogens with zero attached hydrogens (tertiary/aromatic N) is 4. The van der Waals surface area contributed by atoms with E-state index >= 15 is 0 Å². The lowest BCUT2D eigenvalue weighted by molar-refractivity contribution is 0.964. The van der Waals surface area contributed by atoms with E-state index in [0.717, 1.165) is 21.8 Å². The maximum Gasteiger partial charge on any atom is 0.224 e. The van der Waals surface area contributed by atoms with Crippen molar-refractivity contribution in [1.82, 2.24) is 25.1 Å². The molecular weight excluding hydrogens is 270 g/mol. The minimum Gasteiger partial charge on any atom is -0.262 e. The summed E-state index contributed by atoms with van der Waals surface area (Å²) in [5.41, 5.74) is 0.812. The van der Waals surface area contributed by atoms with Crippen molar-refractivity contribution >= 4 is 34.3 Å². The van der Waals surface area contributed by atoms with E-state index in [1.807, 2.05) is 31.2 Å². The number of rotatable bonds is 2. The minimum atomic E-state index is 0.225. The third-order valence-electron chi connectivity index (χ3n) is 2.31. The second kappa shape index (κ2) is 4.55. The first-order valence-electron chi connectivity index (χ1n) is 5.21. The monoisotopic (exact) mass is 277 g/mol. The van der Waals surface area contributed by atoms with E-state index in [2.05, 4.69) is 25.1 Å². The van der Waals surface area contributed by atoms with Crippen LogP contribution >= 0.6 is 23.4 Å². The SMILES string of the molecule is Cc1nc(Sc2nc(Cl)nc3ccccc23)n[nH]1. The Labute approximate surface area is 112 Å². The number of aromatic nitrogens is 5. The van der Waals surface area contributed by atoms with Gasteiger partial charge >= 0.3 is 0 Å². The third-order valence-corrected chi connectivity index (χ3v) is 3.34. The molecule has 0 aliphatic rings. The van der Waals surface area contributed by atoms with Crippen molar-refractivity contribution in [1.29, 1.82) is 0 Å². The van der Waals surface area contributed by atoms with Crippen molar-refractivity contribution in [2.24, 2.45) is 0 Å². The first-order chi connectivity index (χ1) is 8.72. The molecule has 0 saturated carbocycles. The average molecular weight is 278 g/mol. The summed E-state index contributed by atoms with van der Waals surface area (Å²) in [4.78, 5) is 12.6. The summed E-state index contributed by atoms with van der Waals surface area (Å²) in [7, 11) is 0. The Morgan fingerprint density at radius 3 is 2.78 bits per heavy atom. The Balaban J connectivity index is 2.10. The number of H-pyrrole nitrogens is 1. The molecule has 3 aromatic rings. The summed E-state index contributed by atoms with van der Waals surface area (Å²) in [6.45, 7) is 1.85. The third kappa shape index (κ3) is 2.16. The molecule has 1 N–H and O–H groups in total. The van der Waals surface area contributed by atoms with Gasteiger partial charge in [-0.1, -0.05) is 18.2 Å². The van der Waals surface area contributed by atoms with Crippen molar-refractivity contribution in [3.8, 4) is 0 Å². The van der Waals surface area contributed by atoms with Gasteiger partial charge in [-0.25, -0.2) is 15.0 Å². The van der Waals surface area contributed by atoms with Gasteiger partial charge in [-0.05, 0) is 36.4 Å². The number of para-hydroxylation sites is 1. The van der Waals surface area contributed by atoms with E-state index in [9.17, 15) is 0 Å². The molecule has 18 heavy (non-hydrogen) atoms. The van der Waals surface area contributed by atoms with Crippen LogP contribution in [0.3, 0.4) is 0 Å². The number of aromatic amines is 1. The zero-order valence-corrected chi connectivity index (χ0v) is 11.0. The number of fused-ring (bicyclic) bond motifs is 1. The molecule has 0 unspecified atom stereocenters.